The molecule has 0 saturated carbocycles. The third-order valence-electron chi connectivity index (χ3n) is 3.56. The smallest absolute Gasteiger partial charge is 0.244 e. The molecule has 0 amide bonds. The van der Waals surface area contributed by atoms with Crippen LogP contribution in [0.4, 0.5) is 11.9 Å². The van der Waals surface area contributed by atoms with Crippen LogP contribution in [0.1, 0.15) is 24.4 Å². The van der Waals surface area contributed by atoms with Gasteiger partial charge in [-0.25, -0.2) is 13.5 Å². The van der Waals surface area contributed by atoms with Gasteiger partial charge in [-0.3, -0.25) is 4.72 Å². The van der Waals surface area contributed by atoms with Crippen LogP contribution in [0.5, 0.6) is 5.75 Å². The van der Waals surface area contributed by atoms with Crippen molar-refractivity contribution in [3.63, 3.8) is 0 Å². The number of nitrogens with one attached hydrogen (secondary N) is 3. The van der Waals surface area contributed by atoms with Crippen molar-refractivity contribution in [2.75, 3.05) is 22.4 Å². The Morgan fingerprint density at radius 3 is 3.08 bits per heavy atom. The SMILES string of the molecule is C=CCCCS(=O)(=O)Nc1nc(NC2COc3ccccc32)n[nH]1. The van der Waals surface area contributed by atoms with E-state index in [-0.39, 0.29) is 17.7 Å². The second kappa shape index (κ2) is 6.91. The van der Waals surface area contributed by atoms with Crippen LogP contribution < -0.4 is 14.8 Å². The molecular formula is C15H19N5O3S. The molecule has 0 saturated heterocycles. The average Bonchev–Trinajstić information content (AvgIpc) is 3.15. The number of hydrogen-bond acceptors (Lipinski definition) is 6. The summed E-state index contributed by atoms with van der Waals surface area (Å²) in [5.74, 6) is 1.23. The molecule has 24 heavy (non-hydrogen) atoms. The van der Waals surface area contributed by atoms with Crippen LogP contribution in [-0.4, -0.2) is 36.0 Å². The summed E-state index contributed by atoms with van der Waals surface area (Å²) in [4.78, 5) is 4.12. The number of allylic oxidation sites excluding steroid dienone is 1. The normalized spacial score (nSPS) is 16.2. The molecule has 2 heterocycles. The summed E-state index contributed by atoms with van der Waals surface area (Å²) in [6.45, 7) is 4.04. The molecule has 1 aliphatic rings. The van der Waals surface area contributed by atoms with E-state index in [9.17, 15) is 8.42 Å². The Kier molecular flexibility index (Phi) is 4.70. The Balaban J connectivity index is 1.61. The summed E-state index contributed by atoms with van der Waals surface area (Å²) < 4.78 is 31.8. The predicted octanol–water partition coefficient (Wildman–Crippen LogP) is 2.06. The van der Waals surface area contributed by atoms with Gasteiger partial charge in [0.1, 0.15) is 12.4 Å². The van der Waals surface area contributed by atoms with E-state index in [1.807, 2.05) is 24.3 Å². The molecule has 9 heteroatoms. The summed E-state index contributed by atoms with van der Waals surface area (Å²) >= 11 is 0. The number of rotatable bonds is 8. The van der Waals surface area contributed by atoms with Crippen LogP contribution in [0.2, 0.25) is 0 Å². The van der Waals surface area contributed by atoms with Crippen molar-refractivity contribution in [3.8, 4) is 5.75 Å². The van der Waals surface area contributed by atoms with E-state index in [0.717, 1.165) is 11.3 Å². The van der Waals surface area contributed by atoms with Gasteiger partial charge in [0.15, 0.2) is 0 Å². The quantitative estimate of drug-likeness (QED) is 0.497. The lowest BCUT2D eigenvalue weighted by atomic mass is 10.1. The van der Waals surface area contributed by atoms with E-state index in [2.05, 4.69) is 31.8 Å². The molecule has 1 atom stereocenters. The highest BCUT2D eigenvalue weighted by molar-refractivity contribution is 7.92. The molecule has 8 nitrogen and oxygen atoms in total. The first kappa shape index (κ1) is 16.3. The van der Waals surface area contributed by atoms with Gasteiger partial charge in [0, 0.05) is 5.56 Å². The Labute approximate surface area is 140 Å². The number of para-hydroxylation sites is 1. The first-order chi connectivity index (χ1) is 11.6. The van der Waals surface area contributed by atoms with Gasteiger partial charge in [0.05, 0.1) is 11.8 Å². The minimum atomic E-state index is -3.45. The fraction of sp³-hybridized carbons (Fsp3) is 0.333. The number of fused-ring (bicyclic) bond motifs is 1. The molecule has 0 aliphatic carbocycles. The van der Waals surface area contributed by atoms with Gasteiger partial charge in [-0.15, -0.1) is 11.7 Å². The molecule has 0 radical (unpaired) electrons. The van der Waals surface area contributed by atoms with E-state index in [1.165, 1.54) is 0 Å². The van der Waals surface area contributed by atoms with Gasteiger partial charge in [-0.1, -0.05) is 24.3 Å². The lowest BCUT2D eigenvalue weighted by Gasteiger charge is -2.08. The van der Waals surface area contributed by atoms with Gasteiger partial charge in [-0.2, -0.15) is 4.98 Å². The maximum atomic E-state index is 11.9. The van der Waals surface area contributed by atoms with E-state index in [4.69, 9.17) is 4.74 Å². The first-order valence-corrected chi connectivity index (χ1v) is 9.25. The fourth-order valence-electron chi connectivity index (χ4n) is 2.43. The van der Waals surface area contributed by atoms with Crippen molar-refractivity contribution < 1.29 is 13.2 Å². The number of anilines is 2. The van der Waals surface area contributed by atoms with Crippen LogP contribution in [0.25, 0.3) is 0 Å². The lowest BCUT2D eigenvalue weighted by molar-refractivity contribution is 0.339. The zero-order valence-corrected chi connectivity index (χ0v) is 13.8. The van der Waals surface area contributed by atoms with Crippen LogP contribution in [0.15, 0.2) is 36.9 Å². The summed E-state index contributed by atoms with van der Waals surface area (Å²) in [5.41, 5.74) is 1.02. The number of hydrogen-bond donors (Lipinski definition) is 3. The van der Waals surface area contributed by atoms with E-state index < -0.39 is 10.0 Å². The number of unbranched alkanes of at least 4 members (excludes halogenated alkanes) is 1. The van der Waals surface area contributed by atoms with Crippen molar-refractivity contribution in [2.24, 2.45) is 0 Å². The maximum Gasteiger partial charge on any atom is 0.244 e. The average molecular weight is 349 g/mol. The van der Waals surface area contributed by atoms with Crippen LogP contribution in [0, 0.1) is 0 Å². The fourth-order valence-corrected chi connectivity index (χ4v) is 3.46. The Bertz CT molecular complexity index is 818. The number of aromatic nitrogens is 3. The Morgan fingerprint density at radius 2 is 2.25 bits per heavy atom. The number of aromatic amines is 1. The third-order valence-corrected chi connectivity index (χ3v) is 4.89. The summed E-state index contributed by atoms with van der Waals surface area (Å²) in [6.07, 6.45) is 2.84. The molecule has 1 aliphatic heterocycles. The van der Waals surface area contributed by atoms with Crippen molar-refractivity contribution in [1.29, 1.82) is 0 Å². The predicted molar refractivity (Wildman–Crippen MR) is 91.5 cm³/mol. The summed E-state index contributed by atoms with van der Waals surface area (Å²) in [6, 6.07) is 7.64. The molecule has 2 aromatic rings. The Morgan fingerprint density at radius 1 is 1.42 bits per heavy atom. The molecule has 3 N–H and O–H groups in total. The first-order valence-electron chi connectivity index (χ1n) is 7.59. The second-order valence-corrected chi connectivity index (χ2v) is 7.25. The molecule has 3 rings (SSSR count). The monoisotopic (exact) mass is 349 g/mol. The number of nitrogens with zero attached hydrogens (tertiary/aromatic N) is 2. The van der Waals surface area contributed by atoms with Gasteiger partial charge >= 0.3 is 0 Å². The topological polar surface area (TPSA) is 109 Å². The molecule has 0 bridgehead atoms. The number of H-pyrrole nitrogens is 1. The van der Waals surface area contributed by atoms with E-state index in [0.29, 0.717) is 25.4 Å². The zero-order valence-electron chi connectivity index (χ0n) is 13.0. The molecule has 128 valence electrons. The number of benzene rings is 1. The highest BCUT2D eigenvalue weighted by Gasteiger charge is 2.24. The standard InChI is InChI=1S/C15H19N5O3S/c1-2-3-6-9-24(21,22)20-15-17-14(18-19-15)16-12-10-23-13-8-5-4-7-11(12)13/h2,4-5,7-8,12H,1,3,6,9-10H2,(H3,16,17,18,19,20). The van der Waals surface area contributed by atoms with Crippen molar-refractivity contribution in [1.82, 2.24) is 15.2 Å². The van der Waals surface area contributed by atoms with Crippen LogP contribution in [0.3, 0.4) is 0 Å². The van der Waals surface area contributed by atoms with E-state index in [1.54, 1.807) is 6.08 Å². The maximum absolute atomic E-state index is 11.9. The largest absolute Gasteiger partial charge is 0.491 e. The molecule has 0 fully saturated rings. The van der Waals surface area contributed by atoms with Gasteiger partial charge in [-0.05, 0) is 18.9 Å². The van der Waals surface area contributed by atoms with Crippen LogP contribution in [-0.2, 0) is 10.0 Å². The molecule has 1 aromatic heterocycles. The minimum Gasteiger partial charge on any atom is -0.491 e. The molecular weight excluding hydrogens is 330 g/mol. The van der Waals surface area contributed by atoms with E-state index >= 15 is 0 Å². The van der Waals surface area contributed by atoms with Crippen molar-refractivity contribution in [3.05, 3.63) is 42.5 Å². The van der Waals surface area contributed by atoms with Crippen molar-refractivity contribution >= 4 is 21.9 Å². The molecule has 1 unspecified atom stereocenters. The highest BCUT2D eigenvalue weighted by atomic mass is 32.2. The summed E-state index contributed by atoms with van der Waals surface area (Å²) in [5, 5.41) is 9.69. The molecule has 0 spiro atoms. The van der Waals surface area contributed by atoms with Crippen LogP contribution >= 0.6 is 0 Å². The third kappa shape index (κ3) is 3.85. The van der Waals surface area contributed by atoms with Crippen molar-refractivity contribution in [2.45, 2.75) is 18.9 Å². The minimum absolute atomic E-state index is 0.00627. The lowest BCUT2D eigenvalue weighted by Crippen LogP contribution is -2.17. The number of sulfonamides is 1. The highest BCUT2D eigenvalue weighted by Crippen LogP contribution is 2.33. The zero-order chi connectivity index (χ0) is 17.0. The second-order valence-electron chi connectivity index (χ2n) is 5.41. The van der Waals surface area contributed by atoms with Gasteiger partial charge in [0.2, 0.25) is 21.9 Å². The molecule has 1 aromatic carbocycles. The Hall–Kier alpha value is -2.55. The summed E-state index contributed by atoms with van der Waals surface area (Å²) in [7, 11) is -3.45. The van der Waals surface area contributed by atoms with Gasteiger partial charge in [0.25, 0.3) is 0 Å². The van der Waals surface area contributed by atoms with Gasteiger partial charge < -0.3 is 10.1 Å². The number of ether oxygens (including phenoxy) is 1.